The molecule has 7 heteroatoms. The average molecular weight is 332 g/mol. The number of hydrogen-bond donors (Lipinski definition) is 1. The van der Waals surface area contributed by atoms with Crippen molar-refractivity contribution in [3.63, 3.8) is 0 Å². The fraction of sp³-hybridized carbons (Fsp3) is 0.438. The van der Waals surface area contributed by atoms with E-state index in [1.54, 1.807) is 35.5 Å². The fourth-order valence-electron chi connectivity index (χ4n) is 2.75. The van der Waals surface area contributed by atoms with Gasteiger partial charge in [-0.15, -0.1) is 11.3 Å². The summed E-state index contributed by atoms with van der Waals surface area (Å²) in [6.45, 7) is 1.39. The van der Waals surface area contributed by atoms with Gasteiger partial charge >= 0.3 is 0 Å². The maximum Gasteiger partial charge on any atom is 0.254 e. The third kappa shape index (κ3) is 3.98. The summed E-state index contributed by atoms with van der Waals surface area (Å²) in [4.78, 5) is 27.4. The van der Waals surface area contributed by atoms with Crippen LogP contribution >= 0.6 is 11.3 Å². The molecule has 0 radical (unpaired) electrons. The Balaban J connectivity index is 1.46. The van der Waals surface area contributed by atoms with E-state index in [4.69, 9.17) is 0 Å². The molecule has 1 saturated heterocycles. The summed E-state index contributed by atoms with van der Waals surface area (Å²) in [5, 5.41) is 9.02. The van der Waals surface area contributed by atoms with Crippen molar-refractivity contribution in [2.45, 2.75) is 25.3 Å². The quantitative estimate of drug-likeness (QED) is 0.921. The van der Waals surface area contributed by atoms with Gasteiger partial charge in [0.15, 0.2) is 0 Å². The van der Waals surface area contributed by atoms with Gasteiger partial charge in [0.2, 0.25) is 5.91 Å². The standard InChI is InChI=1S/C16H20N4O2S/c1-19-11-12(10-17-19)16(22)18-13-4-6-20(7-5-13)15(21)9-14-3-2-8-23-14/h2-3,8,10-11,13H,4-7,9H2,1H3,(H,18,22). The van der Waals surface area contributed by atoms with E-state index in [1.165, 1.54) is 0 Å². The Bertz CT molecular complexity index is 672. The molecule has 0 unspecified atom stereocenters. The van der Waals surface area contributed by atoms with Crippen molar-refractivity contribution < 1.29 is 9.59 Å². The summed E-state index contributed by atoms with van der Waals surface area (Å²) in [6.07, 6.45) is 5.33. The average Bonchev–Trinajstić information content (AvgIpc) is 3.19. The van der Waals surface area contributed by atoms with Gasteiger partial charge in [0.05, 0.1) is 18.2 Å². The Hall–Kier alpha value is -2.15. The van der Waals surface area contributed by atoms with Gasteiger partial charge < -0.3 is 10.2 Å². The molecule has 0 saturated carbocycles. The number of rotatable bonds is 4. The molecule has 1 N–H and O–H groups in total. The predicted molar refractivity (Wildman–Crippen MR) is 88.3 cm³/mol. The highest BCUT2D eigenvalue weighted by molar-refractivity contribution is 7.10. The molecule has 0 bridgehead atoms. The fourth-order valence-corrected chi connectivity index (χ4v) is 3.45. The smallest absolute Gasteiger partial charge is 0.254 e. The molecule has 0 aromatic carbocycles. The van der Waals surface area contributed by atoms with Gasteiger partial charge in [0.25, 0.3) is 5.91 Å². The molecule has 122 valence electrons. The molecule has 1 fully saturated rings. The summed E-state index contributed by atoms with van der Waals surface area (Å²) in [6, 6.07) is 4.07. The van der Waals surface area contributed by atoms with Crippen LogP contribution < -0.4 is 5.32 Å². The van der Waals surface area contributed by atoms with Crippen LogP contribution in [-0.2, 0) is 18.3 Å². The van der Waals surface area contributed by atoms with Crippen molar-refractivity contribution in [3.8, 4) is 0 Å². The zero-order chi connectivity index (χ0) is 16.2. The summed E-state index contributed by atoms with van der Waals surface area (Å²) >= 11 is 1.61. The maximum atomic E-state index is 12.3. The lowest BCUT2D eigenvalue weighted by Crippen LogP contribution is -2.46. The number of carbonyl (C=O) groups is 2. The molecule has 2 aromatic heterocycles. The van der Waals surface area contributed by atoms with Crippen molar-refractivity contribution in [1.29, 1.82) is 0 Å². The van der Waals surface area contributed by atoms with Crippen LogP contribution in [0.15, 0.2) is 29.9 Å². The molecule has 0 aliphatic carbocycles. The lowest BCUT2D eigenvalue weighted by atomic mass is 10.0. The third-order valence-corrected chi connectivity index (χ3v) is 4.93. The van der Waals surface area contributed by atoms with Crippen LogP contribution in [0.2, 0.25) is 0 Å². The first-order valence-electron chi connectivity index (χ1n) is 7.71. The van der Waals surface area contributed by atoms with E-state index in [1.807, 2.05) is 22.4 Å². The second-order valence-electron chi connectivity index (χ2n) is 5.79. The number of aryl methyl sites for hydroxylation is 1. The maximum absolute atomic E-state index is 12.3. The largest absolute Gasteiger partial charge is 0.349 e. The summed E-state index contributed by atoms with van der Waals surface area (Å²) in [5.74, 6) is 0.0750. The van der Waals surface area contributed by atoms with Crippen LogP contribution in [0.4, 0.5) is 0 Å². The second-order valence-corrected chi connectivity index (χ2v) is 6.82. The van der Waals surface area contributed by atoms with E-state index in [0.29, 0.717) is 25.1 Å². The third-order valence-electron chi connectivity index (χ3n) is 4.06. The Morgan fingerprint density at radius 3 is 2.78 bits per heavy atom. The van der Waals surface area contributed by atoms with Crippen molar-refractivity contribution >= 4 is 23.2 Å². The van der Waals surface area contributed by atoms with Gasteiger partial charge in [0.1, 0.15) is 0 Å². The number of aromatic nitrogens is 2. The van der Waals surface area contributed by atoms with Crippen LogP contribution in [0.1, 0.15) is 28.1 Å². The first-order chi connectivity index (χ1) is 11.1. The molecule has 1 aliphatic heterocycles. The SMILES string of the molecule is Cn1cc(C(=O)NC2CCN(C(=O)Cc3cccs3)CC2)cn1. The van der Waals surface area contributed by atoms with Gasteiger partial charge in [0, 0.05) is 37.3 Å². The van der Waals surface area contributed by atoms with Crippen LogP contribution in [-0.4, -0.2) is 45.6 Å². The van der Waals surface area contributed by atoms with Gasteiger partial charge in [-0.25, -0.2) is 0 Å². The Kier molecular flexibility index (Phi) is 4.76. The number of hydrogen-bond acceptors (Lipinski definition) is 4. The van der Waals surface area contributed by atoms with Crippen LogP contribution in [0.3, 0.4) is 0 Å². The number of thiophene rings is 1. The lowest BCUT2D eigenvalue weighted by molar-refractivity contribution is -0.131. The number of likely N-dealkylation sites (tertiary alicyclic amines) is 1. The monoisotopic (exact) mass is 332 g/mol. The van der Waals surface area contributed by atoms with Crippen LogP contribution in [0, 0.1) is 0 Å². The summed E-state index contributed by atoms with van der Waals surface area (Å²) in [7, 11) is 1.79. The van der Waals surface area contributed by atoms with E-state index in [9.17, 15) is 9.59 Å². The number of amides is 2. The molecule has 0 spiro atoms. The highest BCUT2D eigenvalue weighted by Gasteiger charge is 2.24. The van der Waals surface area contributed by atoms with Crippen molar-refractivity contribution in [1.82, 2.24) is 20.0 Å². The zero-order valence-corrected chi connectivity index (χ0v) is 13.9. The predicted octanol–water partition coefficient (Wildman–Crippen LogP) is 1.45. The molecule has 2 amide bonds. The Morgan fingerprint density at radius 1 is 1.39 bits per heavy atom. The van der Waals surface area contributed by atoms with Gasteiger partial charge in [-0.2, -0.15) is 5.10 Å². The number of nitrogens with one attached hydrogen (secondary N) is 1. The van der Waals surface area contributed by atoms with Gasteiger partial charge in [-0.05, 0) is 24.3 Å². The minimum Gasteiger partial charge on any atom is -0.349 e. The topological polar surface area (TPSA) is 67.2 Å². The Labute approximate surface area is 139 Å². The van der Waals surface area contributed by atoms with Crippen molar-refractivity contribution in [2.24, 2.45) is 7.05 Å². The van der Waals surface area contributed by atoms with Crippen LogP contribution in [0.25, 0.3) is 0 Å². The molecule has 23 heavy (non-hydrogen) atoms. The highest BCUT2D eigenvalue weighted by atomic mass is 32.1. The second kappa shape index (κ2) is 6.95. The first-order valence-corrected chi connectivity index (χ1v) is 8.59. The van der Waals surface area contributed by atoms with Crippen molar-refractivity contribution in [2.75, 3.05) is 13.1 Å². The molecular weight excluding hydrogens is 312 g/mol. The highest BCUT2D eigenvalue weighted by Crippen LogP contribution is 2.15. The number of nitrogens with zero attached hydrogens (tertiary/aromatic N) is 3. The zero-order valence-electron chi connectivity index (χ0n) is 13.1. The molecular formula is C16H20N4O2S. The van der Waals surface area contributed by atoms with E-state index in [-0.39, 0.29) is 17.9 Å². The summed E-state index contributed by atoms with van der Waals surface area (Å²) < 4.78 is 1.61. The van der Waals surface area contributed by atoms with Crippen LogP contribution in [0.5, 0.6) is 0 Å². The molecule has 3 rings (SSSR count). The number of piperidine rings is 1. The molecule has 2 aromatic rings. The molecule has 0 atom stereocenters. The van der Waals surface area contributed by atoms with Crippen molar-refractivity contribution in [3.05, 3.63) is 40.3 Å². The van der Waals surface area contributed by atoms with E-state index < -0.39 is 0 Å². The first kappa shape index (κ1) is 15.7. The normalized spacial score (nSPS) is 15.6. The Morgan fingerprint density at radius 2 is 2.17 bits per heavy atom. The minimum atomic E-state index is -0.0959. The van der Waals surface area contributed by atoms with E-state index in [0.717, 1.165) is 17.7 Å². The van der Waals surface area contributed by atoms with E-state index >= 15 is 0 Å². The summed E-state index contributed by atoms with van der Waals surface area (Å²) in [5.41, 5.74) is 0.573. The minimum absolute atomic E-state index is 0.0959. The molecule has 6 nitrogen and oxygen atoms in total. The molecule has 1 aliphatic rings. The van der Waals surface area contributed by atoms with Gasteiger partial charge in [-0.1, -0.05) is 6.07 Å². The van der Waals surface area contributed by atoms with Gasteiger partial charge in [-0.3, -0.25) is 14.3 Å². The lowest BCUT2D eigenvalue weighted by Gasteiger charge is -2.32. The molecule has 3 heterocycles. The van der Waals surface area contributed by atoms with E-state index in [2.05, 4.69) is 10.4 Å². The number of carbonyl (C=O) groups excluding carboxylic acids is 2.